The van der Waals surface area contributed by atoms with Crippen LogP contribution in [0.4, 0.5) is 4.79 Å². The quantitative estimate of drug-likeness (QED) is 0.538. The molecule has 2 aliphatic heterocycles. The Hall–Kier alpha value is -2.83. The molecular formula is C28H39N3O3. The summed E-state index contributed by atoms with van der Waals surface area (Å²) in [6, 6.07) is 8.03. The van der Waals surface area contributed by atoms with Crippen molar-refractivity contribution in [3.63, 3.8) is 0 Å². The molecule has 2 aliphatic rings. The Kier molecular flexibility index (Phi) is 9.98. The Bertz CT molecular complexity index is 948. The predicted octanol–water partition coefficient (Wildman–Crippen LogP) is 4.40. The molecule has 0 saturated carbocycles. The van der Waals surface area contributed by atoms with Crippen molar-refractivity contribution in [2.75, 3.05) is 46.4 Å². The summed E-state index contributed by atoms with van der Waals surface area (Å²) in [5, 5.41) is 13.5. The zero-order valence-electron chi connectivity index (χ0n) is 20.8. The summed E-state index contributed by atoms with van der Waals surface area (Å²) in [6.07, 6.45) is 12.5. The summed E-state index contributed by atoms with van der Waals surface area (Å²) in [5.74, 6) is 0.900. The van der Waals surface area contributed by atoms with E-state index in [1.807, 2.05) is 36.1 Å². The summed E-state index contributed by atoms with van der Waals surface area (Å²) in [6.45, 7) is 8.12. The maximum Gasteiger partial charge on any atom is 0.318 e. The summed E-state index contributed by atoms with van der Waals surface area (Å²) in [4.78, 5) is 16.7. The smallest absolute Gasteiger partial charge is 0.318 e. The highest BCUT2D eigenvalue weighted by atomic mass is 16.5. The molecule has 0 bridgehead atoms. The number of hydrogen-bond donors (Lipinski definition) is 2. The van der Waals surface area contributed by atoms with Gasteiger partial charge in [-0.2, -0.15) is 0 Å². The van der Waals surface area contributed by atoms with Crippen LogP contribution in [0.15, 0.2) is 65.8 Å². The zero-order chi connectivity index (χ0) is 24.3. The molecule has 2 N–H and O–H groups in total. The van der Waals surface area contributed by atoms with Gasteiger partial charge in [0.2, 0.25) is 0 Å². The lowest BCUT2D eigenvalue weighted by molar-refractivity contribution is 0.110. The SMILES string of the molecule is C/C=C\C1=C(/C=C/CC)CN(C(=O)NCCC(O)CN2CC=C(c3ccccc3OC)CC2)C1. The van der Waals surface area contributed by atoms with Gasteiger partial charge in [0, 0.05) is 44.8 Å². The van der Waals surface area contributed by atoms with E-state index in [1.54, 1.807) is 7.11 Å². The number of β-amino-alcohol motifs (C(OH)–C–C–N with tert-alkyl or cyclic N) is 1. The first kappa shape index (κ1) is 25.8. The van der Waals surface area contributed by atoms with Crippen molar-refractivity contribution in [1.82, 2.24) is 15.1 Å². The number of nitrogens with one attached hydrogen (secondary N) is 1. The van der Waals surface area contributed by atoms with Gasteiger partial charge >= 0.3 is 6.03 Å². The molecule has 0 fully saturated rings. The number of rotatable bonds is 10. The van der Waals surface area contributed by atoms with E-state index < -0.39 is 6.10 Å². The fourth-order valence-electron chi connectivity index (χ4n) is 4.47. The molecule has 0 spiro atoms. The molecule has 0 aliphatic carbocycles. The molecule has 6 heteroatoms. The van der Waals surface area contributed by atoms with Gasteiger partial charge in [-0.05, 0) is 49.0 Å². The van der Waals surface area contributed by atoms with Crippen LogP contribution < -0.4 is 10.1 Å². The van der Waals surface area contributed by atoms with Gasteiger partial charge in [-0.1, -0.05) is 55.5 Å². The van der Waals surface area contributed by atoms with E-state index in [9.17, 15) is 9.90 Å². The molecule has 3 rings (SSSR count). The molecule has 0 saturated heterocycles. The third kappa shape index (κ3) is 7.08. The van der Waals surface area contributed by atoms with Crippen LogP contribution in [0.5, 0.6) is 5.75 Å². The fraction of sp³-hybridized carbons (Fsp3) is 0.464. The molecule has 184 valence electrons. The van der Waals surface area contributed by atoms with Crippen molar-refractivity contribution in [2.45, 2.75) is 39.2 Å². The van der Waals surface area contributed by atoms with Gasteiger partial charge < -0.3 is 20.1 Å². The van der Waals surface area contributed by atoms with Crippen LogP contribution in [0.25, 0.3) is 5.57 Å². The Labute approximate surface area is 204 Å². The van der Waals surface area contributed by atoms with Gasteiger partial charge in [0.05, 0.1) is 13.2 Å². The van der Waals surface area contributed by atoms with Crippen LogP contribution in [0.2, 0.25) is 0 Å². The minimum Gasteiger partial charge on any atom is -0.496 e. The second-order valence-electron chi connectivity index (χ2n) is 8.83. The Balaban J connectivity index is 1.40. The van der Waals surface area contributed by atoms with Crippen LogP contribution in [-0.2, 0) is 0 Å². The van der Waals surface area contributed by atoms with Gasteiger partial charge in [-0.3, -0.25) is 4.90 Å². The third-order valence-corrected chi connectivity index (χ3v) is 6.31. The number of benzene rings is 1. The van der Waals surface area contributed by atoms with E-state index in [0.29, 0.717) is 32.6 Å². The van der Waals surface area contributed by atoms with E-state index in [4.69, 9.17) is 4.74 Å². The van der Waals surface area contributed by atoms with E-state index in [2.05, 4.69) is 47.5 Å². The second-order valence-corrected chi connectivity index (χ2v) is 8.83. The fourth-order valence-corrected chi connectivity index (χ4v) is 4.47. The second kappa shape index (κ2) is 13.2. The number of urea groups is 1. The van der Waals surface area contributed by atoms with Crippen molar-refractivity contribution in [1.29, 1.82) is 0 Å². The highest BCUT2D eigenvalue weighted by molar-refractivity contribution is 5.76. The van der Waals surface area contributed by atoms with E-state index in [1.165, 1.54) is 16.7 Å². The summed E-state index contributed by atoms with van der Waals surface area (Å²) in [7, 11) is 1.70. The molecule has 1 unspecified atom stereocenters. The first-order valence-electron chi connectivity index (χ1n) is 12.3. The van der Waals surface area contributed by atoms with Crippen molar-refractivity contribution in [3.8, 4) is 5.75 Å². The van der Waals surface area contributed by atoms with Gasteiger partial charge in [0.1, 0.15) is 5.75 Å². The van der Waals surface area contributed by atoms with Crippen LogP contribution in [0.1, 0.15) is 38.7 Å². The van der Waals surface area contributed by atoms with E-state index in [-0.39, 0.29) is 6.03 Å². The number of para-hydroxylation sites is 1. The number of ether oxygens (including phenoxy) is 1. The molecule has 1 aromatic rings. The number of aliphatic hydroxyl groups is 1. The topological polar surface area (TPSA) is 65.0 Å². The number of nitrogens with zero attached hydrogens (tertiary/aromatic N) is 2. The van der Waals surface area contributed by atoms with Crippen LogP contribution in [0.3, 0.4) is 0 Å². The van der Waals surface area contributed by atoms with Gasteiger partial charge in [-0.15, -0.1) is 0 Å². The normalized spacial score (nSPS) is 18.1. The molecule has 1 aromatic carbocycles. The molecule has 1 atom stereocenters. The number of methoxy groups -OCH3 is 1. The minimum atomic E-state index is -0.472. The highest BCUT2D eigenvalue weighted by Gasteiger charge is 2.23. The molecule has 2 heterocycles. The predicted molar refractivity (Wildman–Crippen MR) is 139 cm³/mol. The molecule has 0 aromatic heterocycles. The molecule has 2 amide bonds. The third-order valence-electron chi connectivity index (χ3n) is 6.31. The average Bonchev–Trinajstić information content (AvgIpc) is 3.26. The number of amides is 2. The van der Waals surface area contributed by atoms with Crippen molar-refractivity contribution >= 4 is 11.6 Å². The Morgan fingerprint density at radius 3 is 2.68 bits per heavy atom. The summed E-state index contributed by atoms with van der Waals surface area (Å²) >= 11 is 0. The maximum absolute atomic E-state index is 12.6. The lowest BCUT2D eigenvalue weighted by Crippen LogP contribution is -2.41. The molecule has 34 heavy (non-hydrogen) atoms. The zero-order valence-corrected chi connectivity index (χ0v) is 20.8. The minimum absolute atomic E-state index is 0.0727. The Morgan fingerprint density at radius 2 is 2.00 bits per heavy atom. The number of carbonyl (C=O) groups excluding carboxylic acids is 1. The Morgan fingerprint density at radius 1 is 1.24 bits per heavy atom. The highest BCUT2D eigenvalue weighted by Crippen LogP contribution is 2.30. The lowest BCUT2D eigenvalue weighted by Gasteiger charge is -2.29. The monoisotopic (exact) mass is 465 g/mol. The average molecular weight is 466 g/mol. The first-order chi connectivity index (χ1) is 16.5. The molecule has 6 nitrogen and oxygen atoms in total. The van der Waals surface area contributed by atoms with Crippen molar-refractivity contribution in [3.05, 3.63) is 71.4 Å². The first-order valence-corrected chi connectivity index (χ1v) is 12.3. The summed E-state index contributed by atoms with van der Waals surface area (Å²) in [5.41, 5.74) is 4.82. The summed E-state index contributed by atoms with van der Waals surface area (Å²) < 4.78 is 5.49. The van der Waals surface area contributed by atoms with Crippen LogP contribution in [0, 0.1) is 0 Å². The number of hydrogen-bond acceptors (Lipinski definition) is 4. The maximum atomic E-state index is 12.6. The lowest BCUT2D eigenvalue weighted by atomic mass is 9.98. The van der Waals surface area contributed by atoms with Crippen molar-refractivity contribution in [2.24, 2.45) is 0 Å². The van der Waals surface area contributed by atoms with E-state index >= 15 is 0 Å². The number of allylic oxidation sites excluding steroid dienone is 2. The number of carbonyl (C=O) groups is 1. The van der Waals surface area contributed by atoms with Crippen molar-refractivity contribution < 1.29 is 14.6 Å². The van der Waals surface area contributed by atoms with Gasteiger partial charge in [0.25, 0.3) is 0 Å². The standard InChI is InChI=1S/C28H39N3O3/c1-4-6-10-24-20-31(19-23(24)9-5-2)28(33)29-16-13-25(32)21-30-17-14-22(15-18-30)26-11-7-8-12-27(26)34-3/h5-12,14,25,32H,4,13,15-21H2,1-3H3,(H,29,33)/b9-5-,10-6+. The van der Waals surface area contributed by atoms with Crippen LogP contribution >= 0.6 is 0 Å². The van der Waals surface area contributed by atoms with Gasteiger partial charge in [-0.25, -0.2) is 4.79 Å². The van der Waals surface area contributed by atoms with Gasteiger partial charge in [0.15, 0.2) is 0 Å². The number of aliphatic hydroxyl groups excluding tert-OH is 1. The largest absolute Gasteiger partial charge is 0.496 e. The molecule has 0 radical (unpaired) electrons. The molecular weight excluding hydrogens is 426 g/mol. The van der Waals surface area contributed by atoms with E-state index in [0.717, 1.165) is 37.2 Å². The van der Waals surface area contributed by atoms with Crippen LogP contribution in [-0.4, -0.2) is 73.4 Å².